The third-order valence-electron chi connectivity index (χ3n) is 4.93. The zero-order valence-corrected chi connectivity index (χ0v) is 14.6. The fourth-order valence-corrected chi connectivity index (χ4v) is 3.66. The third-order valence-corrected chi connectivity index (χ3v) is 5.24. The minimum Gasteiger partial charge on any atom is -0.482 e. The topological polar surface area (TPSA) is 67.6 Å². The molecule has 6 nitrogen and oxygen atoms in total. The van der Waals surface area contributed by atoms with Crippen LogP contribution in [0.25, 0.3) is 22.2 Å². The van der Waals surface area contributed by atoms with Gasteiger partial charge in [-0.15, -0.1) is 0 Å². The number of carbonyl (C=O) groups is 1. The van der Waals surface area contributed by atoms with Gasteiger partial charge in [-0.25, -0.2) is 0 Å². The first-order chi connectivity index (χ1) is 12.7. The Bertz CT molecular complexity index is 1010. The molecule has 26 heavy (non-hydrogen) atoms. The fourth-order valence-electron chi connectivity index (χ4n) is 3.41. The molecule has 0 radical (unpaired) electrons. The summed E-state index contributed by atoms with van der Waals surface area (Å²) in [5.41, 5.74) is 2.19. The summed E-state index contributed by atoms with van der Waals surface area (Å²) in [7, 11) is 0. The highest BCUT2D eigenvalue weighted by Crippen LogP contribution is 2.42. The molecule has 132 valence electrons. The molecule has 0 unspecified atom stereocenters. The number of benzene rings is 2. The number of amides is 1. The van der Waals surface area contributed by atoms with Gasteiger partial charge in [0.2, 0.25) is 0 Å². The van der Waals surface area contributed by atoms with E-state index in [0.29, 0.717) is 40.2 Å². The van der Waals surface area contributed by atoms with Gasteiger partial charge in [0.1, 0.15) is 11.3 Å². The van der Waals surface area contributed by atoms with E-state index in [-0.39, 0.29) is 12.5 Å². The van der Waals surface area contributed by atoms with Gasteiger partial charge in [-0.2, -0.15) is 0 Å². The first-order valence-corrected chi connectivity index (χ1v) is 8.91. The van der Waals surface area contributed by atoms with Crippen LogP contribution in [-0.2, 0) is 4.79 Å². The molecule has 1 amide bonds. The lowest BCUT2D eigenvalue weighted by atomic mass is 10.0. The fraction of sp³-hybridized carbons (Fsp3) is 0.263. The van der Waals surface area contributed by atoms with E-state index in [2.05, 4.69) is 10.5 Å². The number of aromatic nitrogens is 1. The summed E-state index contributed by atoms with van der Waals surface area (Å²) in [6, 6.07) is 11.3. The molecule has 0 aliphatic carbocycles. The van der Waals surface area contributed by atoms with Crippen LogP contribution in [0.1, 0.15) is 0 Å². The van der Waals surface area contributed by atoms with Gasteiger partial charge in [-0.1, -0.05) is 28.9 Å². The third kappa shape index (κ3) is 2.45. The summed E-state index contributed by atoms with van der Waals surface area (Å²) >= 11 is 6.56. The molecular weight excluding hydrogens is 354 g/mol. The number of hydrogen-bond acceptors (Lipinski definition) is 5. The van der Waals surface area contributed by atoms with E-state index in [4.69, 9.17) is 20.9 Å². The lowest BCUT2D eigenvalue weighted by Gasteiger charge is -2.36. The van der Waals surface area contributed by atoms with Crippen LogP contribution >= 0.6 is 11.6 Å². The van der Waals surface area contributed by atoms with Crippen LogP contribution < -0.4 is 15.0 Å². The van der Waals surface area contributed by atoms with Crippen molar-refractivity contribution >= 4 is 34.1 Å². The maximum absolute atomic E-state index is 12.3. The number of nitrogens with zero attached hydrogens (tertiary/aromatic N) is 2. The minimum atomic E-state index is -0.0432. The Morgan fingerprint density at radius 2 is 2.12 bits per heavy atom. The molecule has 1 saturated heterocycles. The zero-order valence-electron chi connectivity index (χ0n) is 13.9. The van der Waals surface area contributed by atoms with Crippen LogP contribution in [0.4, 0.5) is 5.69 Å². The molecule has 2 aromatic carbocycles. The monoisotopic (exact) mass is 369 g/mol. The van der Waals surface area contributed by atoms with Crippen LogP contribution in [0, 0.1) is 5.92 Å². The van der Waals surface area contributed by atoms with E-state index in [0.717, 1.165) is 24.0 Å². The second-order valence-electron chi connectivity index (χ2n) is 6.65. The normalized spacial score (nSPS) is 17.1. The first kappa shape index (κ1) is 15.7. The van der Waals surface area contributed by atoms with E-state index < -0.39 is 0 Å². The average Bonchev–Trinajstić information content (AvgIpc) is 3.03. The summed E-state index contributed by atoms with van der Waals surface area (Å²) in [6.45, 7) is 2.56. The number of fused-ring (bicyclic) bond motifs is 2. The number of halogens is 1. The predicted octanol–water partition coefficient (Wildman–Crippen LogP) is 3.09. The average molecular weight is 370 g/mol. The Morgan fingerprint density at radius 1 is 1.27 bits per heavy atom. The first-order valence-electron chi connectivity index (χ1n) is 8.53. The summed E-state index contributed by atoms with van der Waals surface area (Å²) in [5, 5.41) is 8.71. The molecule has 1 aromatic heterocycles. The highest BCUT2D eigenvalue weighted by Gasteiger charge is 2.31. The van der Waals surface area contributed by atoms with Gasteiger partial charge >= 0.3 is 0 Å². The van der Waals surface area contributed by atoms with Crippen molar-refractivity contribution < 1.29 is 14.1 Å². The summed E-state index contributed by atoms with van der Waals surface area (Å²) in [4.78, 5) is 14.1. The number of rotatable bonds is 3. The van der Waals surface area contributed by atoms with E-state index in [1.165, 1.54) is 0 Å². The molecule has 0 saturated carbocycles. The maximum atomic E-state index is 12.3. The highest BCUT2D eigenvalue weighted by atomic mass is 35.5. The van der Waals surface area contributed by atoms with E-state index in [9.17, 15) is 4.79 Å². The van der Waals surface area contributed by atoms with E-state index in [1.54, 1.807) is 11.0 Å². The number of hydrogen-bond donors (Lipinski definition) is 1. The van der Waals surface area contributed by atoms with Crippen molar-refractivity contribution in [1.82, 2.24) is 10.5 Å². The summed E-state index contributed by atoms with van der Waals surface area (Å²) < 4.78 is 11.2. The number of carbonyl (C=O) groups excluding carboxylic acids is 1. The SMILES string of the molecule is O=C1COc2cc(-c3onc4ccccc34)c(Cl)cc2N1CC1CNC1. The van der Waals surface area contributed by atoms with E-state index >= 15 is 0 Å². The predicted molar refractivity (Wildman–Crippen MR) is 98.7 cm³/mol. The highest BCUT2D eigenvalue weighted by molar-refractivity contribution is 6.34. The lowest BCUT2D eigenvalue weighted by molar-refractivity contribution is -0.121. The van der Waals surface area contributed by atoms with Crippen molar-refractivity contribution in [3.8, 4) is 17.1 Å². The van der Waals surface area contributed by atoms with Crippen molar-refractivity contribution in [3.05, 3.63) is 41.4 Å². The minimum absolute atomic E-state index is 0.0331. The van der Waals surface area contributed by atoms with Crippen molar-refractivity contribution in [2.24, 2.45) is 5.92 Å². The van der Waals surface area contributed by atoms with Crippen molar-refractivity contribution in [3.63, 3.8) is 0 Å². The van der Waals surface area contributed by atoms with Crippen molar-refractivity contribution in [2.45, 2.75) is 0 Å². The van der Waals surface area contributed by atoms with Crippen LogP contribution in [-0.4, -0.2) is 37.3 Å². The molecule has 2 aliphatic heterocycles. The number of anilines is 1. The molecule has 5 rings (SSSR count). The molecule has 0 spiro atoms. The van der Waals surface area contributed by atoms with Gasteiger partial charge in [-0.05, 0) is 24.3 Å². The Hall–Kier alpha value is -2.57. The Kier molecular flexibility index (Phi) is 3.62. The Balaban J connectivity index is 1.59. The van der Waals surface area contributed by atoms with Crippen LogP contribution in [0.15, 0.2) is 40.9 Å². The second-order valence-corrected chi connectivity index (χ2v) is 7.05. The van der Waals surface area contributed by atoms with Gasteiger partial charge in [0.25, 0.3) is 5.91 Å². The van der Waals surface area contributed by atoms with Crippen LogP contribution in [0.3, 0.4) is 0 Å². The largest absolute Gasteiger partial charge is 0.482 e. The molecule has 3 heterocycles. The molecule has 0 bridgehead atoms. The van der Waals surface area contributed by atoms with Gasteiger partial charge in [0.15, 0.2) is 12.4 Å². The summed E-state index contributed by atoms with van der Waals surface area (Å²) in [5.74, 6) is 1.65. The zero-order chi connectivity index (χ0) is 17.7. The Labute approximate surface area is 154 Å². The second kappa shape index (κ2) is 6.00. The number of ether oxygens (including phenoxy) is 1. The number of nitrogens with one attached hydrogen (secondary N) is 1. The molecular formula is C19H16ClN3O3. The molecule has 0 atom stereocenters. The molecule has 7 heteroatoms. The Morgan fingerprint density at radius 3 is 2.92 bits per heavy atom. The standard InChI is InChI=1S/C19H16ClN3O3/c20-14-6-16-17(25-10-18(24)23(16)9-11-7-21-8-11)5-13(14)19-12-3-1-2-4-15(12)22-26-19/h1-6,11,21H,7-10H2. The van der Waals surface area contributed by atoms with Gasteiger partial charge in [0.05, 0.1) is 10.7 Å². The molecule has 1 N–H and O–H groups in total. The van der Waals surface area contributed by atoms with Crippen molar-refractivity contribution in [2.75, 3.05) is 31.1 Å². The molecule has 3 aromatic rings. The van der Waals surface area contributed by atoms with Crippen LogP contribution in [0.2, 0.25) is 5.02 Å². The van der Waals surface area contributed by atoms with Gasteiger partial charge in [-0.3, -0.25) is 4.79 Å². The summed E-state index contributed by atoms with van der Waals surface area (Å²) in [6.07, 6.45) is 0. The lowest BCUT2D eigenvalue weighted by Crippen LogP contribution is -2.51. The quantitative estimate of drug-likeness (QED) is 0.768. The van der Waals surface area contributed by atoms with Gasteiger partial charge in [0, 0.05) is 36.5 Å². The smallest absolute Gasteiger partial charge is 0.265 e. The van der Waals surface area contributed by atoms with Gasteiger partial charge < -0.3 is 19.5 Å². The molecule has 2 aliphatic rings. The van der Waals surface area contributed by atoms with Crippen molar-refractivity contribution in [1.29, 1.82) is 0 Å². The molecule has 1 fully saturated rings. The maximum Gasteiger partial charge on any atom is 0.265 e. The van der Waals surface area contributed by atoms with Crippen LogP contribution in [0.5, 0.6) is 5.75 Å². The van der Waals surface area contributed by atoms with E-state index in [1.807, 2.05) is 30.3 Å².